The molecule has 1 aromatic heterocycles. The van der Waals surface area contributed by atoms with E-state index in [1.807, 2.05) is 56.3 Å². The molecule has 1 amide bonds. The summed E-state index contributed by atoms with van der Waals surface area (Å²) in [5.74, 6) is 1.45. The molecule has 0 bridgehead atoms. The van der Waals surface area contributed by atoms with Crippen molar-refractivity contribution in [3.05, 3.63) is 54.6 Å². The van der Waals surface area contributed by atoms with E-state index in [2.05, 4.69) is 15.5 Å². The maximum absolute atomic E-state index is 11.7. The summed E-state index contributed by atoms with van der Waals surface area (Å²) < 4.78 is 10.8. The zero-order chi connectivity index (χ0) is 18.4. The summed E-state index contributed by atoms with van der Waals surface area (Å²) in [6.45, 7) is 3.97. The lowest BCUT2D eigenvalue weighted by atomic mass is 10.2. The summed E-state index contributed by atoms with van der Waals surface area (Å²) in [4.78, 5) is 16.2. The van der Waals surface area contributed by atoms with Gasteiger partial charge in [0.2, 0.25) is 5.82 Å². The lowest BCUT2D eigenvalue weighted by molar-refractivity contribution is -0.123. The minimum atomic E-state index is -0.132. The van der Waals surface area contributed by atoms with E-state index < -0.39 is 0 Å². The number of nitrogens with one attached hydrogen (secondary N) is 1. The summed E-state index contributed by atoms with van der Waals surface area (Å²) in [6.07, 6.45) is 0.885. The molecule has 0 radical (unpaired) electrons. The van der Waals surface area contributed by atoms with E-state index in [-0.39, 0.29) is 18.6 Å². The van der Waals surface area contributed by atoms with E-state index in [1.54, 1.807) is 12.1 Å². The summed E-state index contributed by atoms with van der Waals surface area (Å²) >= 11 is 0. The average molecular weight is 351 g/mol. The molecule has 1 N–H and O–H groups in total. The Morgan fingerprint density at radius 3 is 2.54 bits per heavy atom. The normalized spacial score (nSPS) is 11.8. The molecule has 1 atom stereocenters. The van der Waals surface area contributed by atoms with Crippen molar-refractivity contribution in [2.75, 3.05) is 6.61 Å². The first-order valence-electron chi connectivity index (χ1n) is 8.57. The number of carbonyl (C=O) groups excluding carboxylic acids is 1. The number of hydrogen-bond donors (Lipinski definition) is 1. The van der Waals surface area contributed by atoms with Crippen LogP contribution in [0.3, 0.4) is 0 Å². The van der Waals surface area contributed by atoms with Gasteiger partial charge in [0, 0.05) is 17.2 Å². The molecule has 0 aliphatic rings. The molecule has 1 heterocycles. The van der Waals surface area contributed by atoms with Crippen LogP contribution in [0, 0.1) is 0 Å². The third-order valence-electron chi connectivity index (χ3n) is 3.95. The maximum atomic E-state index is 11.7. The van der Waals surface area contributed by atoms with Gasteiger partial charge in [0.05, 0.1) is 0 Å². The largest absolute Gasteiger partial charge is 0.484 e. The number of nitrogens with zero attached hydrogens (tertiary/aromatic N) is 2. The monoisotopic (exact) mass is 351 g/mol. The molecule has 0 aliphatic heterocycles. The highest BCUT2D eigenvalue weighted by atomic mass is 16.5. The quantitative estimate of drug-likeness (QED) is 0.702. The van der Waals surface area contributed by atoms with Crippen molar-refractivity contribution in [1.82, 2.24) is 15.5 Å². The molecular formula is C20H21N3O3. The van der Waals surface area contributed by atoms with Gasteiger partial charge in [0.25, 0.3) is 11.8 Å². The lowest BCUT2D eigenvalue weighted by Gasteiger charge is -2.12. The van der Waals surface area contributed by atoms with Gasteiger partial charge in [-0.15, -0.1) is 0 Å². The smallest absolute Gasteiger partial charge is 0.258 e. The molecule has 0 fully saturated rings. The Bertz CT molecular complexity index is 844. The molecule has 3 aromatic rings. The first-order valence-corrected chi connectivity index (χ1v) is 8.57. The van der Waals surface area contributed by atoms with E-state index in [4.69, 9.17) is 9.26 Å². The van der Waals surface area contributed by atoms with Crippen molar-refractivity contribution in [2.24, 2.45) is 0 Å². The zero-order valence-corrected chi connectivity index (χ0v) is 14.8. The number of carbonyl (C=O) groups is 1. The molecule has 134 valence electrons. The molecule has 0 unspecified atom stereocenters. The van der Waals surface area contributed by atoms with Crippen LogP contribution >= 0.6 is 0 Å². The fourth-order valence-electron chi connectivity index (χ4n) is 2.31. The Hall–Kier alpha value is -3.15. The second kappa shape index (κ2) is 8.29. The van der Waals surface area contributed by atoms with Gasteiger partial charge in [-0.25, -0.2) is 0 Å². The molecule has 0 saturated heterocycles. The van der Waals surface area contributed by atoms with Crippen molar-refractivity contribution in [3.63, 3.8) is 0 Å². The van der Waals surface area contributed by atoms with Gasteiger partial charge in [-0.3, -0.25) is 4.79 Å². The molecule has 0 saturated carbocycles. The molecule has 3 rings (SSSR count). The van der Waals surface area contributed by atoms with Crippen LogP contribution in [0.1, 0.15) is 20.3 Å². The van der Waals surface area contributed by atoms with Crippen LogP contribution in [0.25, 0.3) is 22.8 Å². The summed E-state index contributed by atoms with van der Waals surface area (Å²) in [5.41, 5.74) is 1.69. The predicted octanol–water partition coefficient (Wildman–Crippen LogP) is 3.70. The highest BCUT2D eigenvalue weighted by Crippen LogP contribution is 2.24. The van der Waals surface area contributed by atoms with Gasteiger partial charge < -0.3 is 14.6 Å². The van der Waals surface area contributed by atoms with Crippen LogP contribution in [0.4, 0.5) is 0 Å². The van der Waals surface area contributed by atoms with Crippen molar-refractivity contribution in [2.45, 2.75) is 26.3 Å². The van der Waals surface area contributed by atoms with Crippen LogP contribution in [0.5, 0.6) is 5.75 Å². The van der Waals surface area contributed by atoms with Crippen molar-refractivity contribution in [3.8, 4) is 28.6 Å². The zero-order valence-electron chi connectivity index (χ0n) is 14.8. The van der Waals surface area contributed by atoms with Gasteiger partial charge in [0.1, 0.15) is 5.75 Å². The number of ether oxygens (including phenoxy) is 1. The minimum Gasteiger partial charge on any atom is -0.484 e. The summed E-state index contributed by atoms with van der Waals surface area (Å²) in [6, 6.07) is 17.0. The molecular weight excluding hydrogens is 330 g/mol. The molecule has 0 spiro atoms. The second-order valence-corrected chi connectivity index (χ2v) is 5.98. The fraction of sp³-hybridized carbons (Fsp3) is 0.250. The Morgan fingerprint density at radius 2 is 1.85 bits per heavy atom. The molecule has 0 aliphatic carbocycles. The third kappa shape index (κ3) is 4.47. The SMILES string of the molecule is CC[C@@H](C)NC(=O)COc1ccc(-c2nc(-c3ccccc3)no2)cc1. The van der Waals surface area contributed by atoms with Gasteiger partial charge in [-0.1, -0.05) is 42.4 Å². The van der Waals surface area contributed by atoms with Crippen LogP contribution in [0.15, 0.2) is 59.1 Å². The van der Waals surface area contributed by atoms with Gasteiger partial charge in [0.15, 0.2) is 6.61 Å². The Balaban J connectivity index is 1.61. The molecule has 6 nitrogen and oxygen atoms in total. The van der Waals surface area contributed by atoms with E-state index >= 15 is 0 Å². The first kappa shape index (κ1) is 17.7. The van der Waals surface area contributed by atoms with Gasteiger partial charge >= 0.3 is 0 Å². The highest BCUT2D eigenvalue weighted by molar-refractivity contribution is 5.77. The van der Waals surface area contributed by atoms with E-state index in [1.165, 1.54) is 0 Å². The lowest BCUT2D eigenvalue weighted by Crippen LogP contribution is -2.35. The van der Waals surface area contributed by atoms with E-state index in [0.29, 0.717) is 17.5 Å². The first-order chi connectivity index (χ1) is 12.7. The summed E-state index contributed by atoms with van der Waals surface area (Å²) in [7, 11) is 0. The third-order valence-corrected chi connectivity index (χ3v) is 3.95. The van der Waals surface area contributed by atoms with E-state index in [9.17, 15) is 4.79 Å². The topological polar surface area (TPSA) is 77.2 Å². The molecule has 26 heavy (non-hydrogen) atoms. The van der Waals surface area contributed by atoms with Crippen molar-refractivity contribution < 1.29 is 14.1 Å². The fourth-order valence-corrected chi connectivity index (χ4v) is 2.31. The summed E-state index contributed by atoms with van der Waals surface area (Å²) in [5, 5.41) is 6.87. The van der Waals surface area contributed by atoms with Crippen molar-refractivity contribution >= 4 is 5.91 Å². The maximum Gasteiger partial charge on any atom is 0.258 e. The van der Waals surface area contributed by atoms with Crippen molar-refractivity contribution in [1.29, 1.82) is 0 Å². The Morgan fingerprint density at radius 1 is 1.12 bits per heavy atom. The molecule has 2 aromatic carbocycles. The highest BCUT2D eigenvalue weighted by Gasteiger charge is 2.11. The standard InChI is InChI=1S/C20H21N3O3/c1-3-14(2)21-18(24)13-25-17-11-9-16(10-12-17)20-22-19(23-26-20)15-7-5-4-6-8-15/h4-12,14H,3,13H2,1-2H3,(H,21,24)/t14-/m1/s1. The van der Waals surface area contributed by atoms with E-state index in [0.717, 1.165) is 17.5 Å². The number of rotatable bonds is 7. The predicted molar refractivity (Wildman–Crippen MR) is 98.6 cm³/mol. The van der Waals surface area contributed by atoms with Crippen LogP contribution in [-0.2, 0) is 4.79 Å². The number of hydrogen-bond acceptors (Lipinski definition) is 5. The van der Waals surface area contributed by atoms with Gasteiger partial charge in [-0.2, -0.15) is 4.98 Å². The number of benzene rings is 2. The second-order valence-electron chi connectivity index (χ2n) is 5.98. The van der Waals surface area contributed by atoms with Crippen LogP contribution < -0.4 is 10.1 Å². The minimum absolute atomic E-state index is 0.0115. The van der Waals surface area contributed by atoms with Gasteiger partial charge in [-0.05, 0) is 37.6 Å². The number of aromatic nitrogens is 2. The molecule has 6 heteroatoms. The average Bonchev–Trinajstić information content (AvgIpc) is 3.17. The van der Waals surface area contributed by atoms with Crippen LogP contribution in [-0.4, -0.2) is 28.7 Å². The Kier molecular flexibility index (Phi) is 5.63. The Labute approximate surface area is 152 Å². The van der Waals surface area contributed by atoms with Crippen LogP contribution in [0.2, 0.25) is 0 Å². The number of amides is 1.